The lowest BCUT2D eigenvalue weighted by atomic mass is 10.1. The molecule has 1 aromatic heterocycles. The van der Waals surface area contributed by atoms with Crippen LogP contribution in [0.15, 0.2) is 54.9 Å². The number of urea groups is 1. The number of anilines is 1. The van der Waals surface area contributed by atoms with E-state index in [9.17, 15) is 31.1 Å². The fraction of sp³-hybridized carbons (Fsp3) is 0.158. The summed E-state index contributed by atoms with van der Waals surface area (Å²) in [6.07, 6.45) is -6.53. The van der Waals surface area contributed by atoms with E-state index in [0.717, 1.165) is 18.2 Å². The van der Waals surface area contributed by atoms with E-state index in [1.165, 1.54) is 36.7 Å². The lowest BCUT2D eigenvalue weighted by molar-refractivity contribution is -0.138. The monoisotopic (exact) mass is 413 g/mol. The molecular weight excluding hydrogens is 400 g/mol. The van der Waals surface area contributed by atoms with Gasteiger partial charge in [0.25, 0.3) is 0 Å². The Balaban J connectivity index is 1.78. The van der Waals surface area contributed by atoms with Gasteiger partial charge in [0.15, 0.2) is 0 Å². The molecule has 2 aromatic carbocycles. The van der Waals surface area contributed by atoms with E-state index in [1.54, 1.807) is 0 Å². The van der Waals surface area contributed by atoms with Crippen molar-refractivity contribution in [3.05, 3.63) is 71.5 Å². The van der Waals surface area contributed by atoms with Gasteiger partial charge in [-0.2, -0.15) is 26.3 Å². The summed E-state index contributed by atoms with van der Waals surface area (Å²) in [6.45, 7) is -0.169. The van der Waals surface area contributed by atoms with Crippen LogP contribution in [0.3, 0.4) is 0 Å². The number of rotatable bonds is 3. The molecule has 0 aliphatic heterocycles. The van der Waals surface area contributed by atoms with Crippen molar-refractivity contribution in [2.24, 2.45) is 0 Å². The summed E-state index contributed by atoms with van der Waals surface area (Å²) in [4.78, 5) is 16.0. The highest BCUT2D eigenvalue weighted by molar-refractivity contribution is 6.02. The number of hydrogen-bond acceptors (Lipinski definition) is 2. The molecule has 2 amide bonds. The van der Waals surface area contributed by atoms with E-state index in [2.05, 4.69) is 15.6 Å². The zero-order valence-electron chi connectivity index (χ0n) is 14.5. The van der Waals surface area contributed by atoms with Gasteiger partial charge in [-0.1, -0.05) is 18.2 Å². The second-order valence-corrected chi connectivity index (χ2v) is 6.09. The van der Waals surface area contributed by atoms with Crippen LogP contribution in [0.5, 0.6) is 0 Å². The summed E-state index contributed by atoms with van der Waals surface area (Å²) in [5.74, 6) is 0. The number of alkyl halides is 6. The van der Waals surface area contributed by atoms with Gasteiger partial charge in [-0.25, -0.2) is 4.79 Å². The quantitative estimate of drug-likeness (QED) is 0.550. The van der Waals surface area contributed by atoms with E-state index in [4.69, 9.17) is 0 Å². The molecular formula is C19H13F6N3O. The number of halogens is 6. The smallest absolute Gasteiger partial charge is 0.334 e. The molecule has 3 aromatic rings. The molecule has 0 bridgehead atoms. The first kappa shape index (κ1) is 20.4. The summed E-state index contributed by atoms with van der Waals surface area (Å²) in [7, 11) is 0. The maximum Gasteiger partial charge on any atom is 0.418 e. The van der Waals surface area contributed by atoms with Crippen LogP contribution in [0.25, 0.3) is 10.8 Å². The Hall–Kier alpha value is -3.30. The average molecular weight is 413 g/mol. The maximum absolute atomic E-state index is 13.3. The largest absolute Gasteiger partial charge is 0.418 e. The topological polar surface area (TPSA) is 54.0 Å². The first-order valence-electron chi connectivity index (χ1n) is 8.20. The molecule has 152 valence electrons. The molecule has 0 unspecified atom stereocenters. The van der Waals surface area contributed by atoms with Crippen molar-refractivity contribution >= 4 is 22.5 Å². The van der Waals surface area contributed by atoms with Gasteiger partial charge in [0.05, 0.1) is 16.8 Å². The van der Waals surface area contributed by atoms with Crippen LogP contribution in [0.4, 0.5) is 36.8 Å². The number of hydrogen-bond donors (Lipinski definition) is 2. The molecule has 0 aliphatic rings. The summed E-state index contributed by atoms with van der Waals surface area (Å²) in [6, 6.07) is 6.56. The molecule has 0 fully saturated rings. The molecule has 0 atom stereocenters. The summed E-state index contributed by atoms with van der Waals surface area (Å²) >= 11 is 0. The molecule has 4 nitrogen and oxygen atoms in total. The summed E-state index contributed by atoms with van der Waals surface area (Å²) in [5.41, 5.74) is -1.95. The molecule has 2 N–H and O–H groups in total. The Labute approximate surface area is 160 Å². The third-order valence-corrected chi connectivity index (χ3v) is 4.10. The van der Waals surface area contributed by atoms with Crippen LogP contribution in [0, 0.1) is 0 Å². The minimum Gasteiger partial charge on any atom is -0.334 e. The summed E-state index contributed by atoms with van der Waals surface area (Å²) in [5, 5.41) is 5.08. The zero-order valence-corrected chi connectivity index (χ0v) is 14.5. The zero-order chi connectivity index (χ0) is 21.2. The highest BCUT2D eigenvalue weighted by Crippen LogP contribution is 2.38. The number of amides is 2. The number of fused-ring (bicyclic) bond motifs is 1. The third-order valence-electron chi connectivity index (χ3n) is 4.10. The molecule has 10 heteroatoms. The SMILES string of the molecule is O=C(NCc1ccc(C(F)(F)F)cc1)Nc1c(C(F)(F)F)ccc2cnccc12. The lowest BCUT2D eigenvalue weighted by Gasteiger charge is -2.16. The van der Waals surface area contributed by atoms with Crippen molar-refractivity contribution in [3.63, 3.8) is 0 Å². The number of nitrogens with one attached hydrogen (secondary N) is 2. The maximum atomic E-state index is 13.3. The van der Waals surface area contributed by atoms with Crippen LogP contribution < -0.4 is 10.6 Å². The van der Waals surface area contributed by atoms with E-state index in [-0.39, 0.29) is 11.9 Å². The molecule has 3 rings (SSSR count). The minimum absolute atomic E-state index is 0.152. The van der Waals surface area contributed by atoms with Crippen molar-refractivity contribution in [3.8, 4) is 0 Å². The number of aromatic nitrogens is 1. The molecule has 0 saturated heterocycles. The van der Waals surface area contributed by atoms with Gasteiger partial charge in [-0.15, -0.1) is 0 Å². The van der Waals surface area contributed by atoms with E-state index < -0.39 is 35.2 Å². The van der Waals surface area contributed by atoms with Crippen LogP contribution in [0.2, 0.25) is 0 Å². The predicted molar refractivity (Wildman–Crippen MR) is 94.0 cm³/mol. The van der Waals surface area contributed by atoms with Gasteiger partial charge in [-0.05, 0) is 29.8 Å². The van der Waals surface area contributed by atoms with Crippen LogP contribution in [0.1, 0.15) is 16.7 Å². The Kier molecular flexibility index (Phi) is 5.36. The van der Waals surface area contributed by atoms with Gasteiger partial charge in [0, 0.05) is 29.7 Å². The number of nitrogens with zero attached hydrogens (tertiary/aromatic N) is 1. The minimum atomic E-state index is -4.70. The number of carbonyl (C=O) groups excluding carboxylic acids is 1. The third kappa shape index (κ3) is 4.76. The predicted octanol–water partition coefficient (Wildman–Crippen LogP) is 5.59. The van der Waals surface area contributed by atoms with Crippen LogP contribution in [-0.2, 0) is 18.9 Å². The molecule has 0 spiro atoms. The van der Waals surface area contributed by atoms with Gasteiger partial charge in [-0.3, -0.25) is 4.98 Å². The second kappa shape index (κ2) is 7.61. The van der Waals surface area contributed by atoms with Crippen molar-refractivity contribution in [2.45, 2.75) is 18.9 Å². The lowest BCUT2D eigenvalue weighted by Crippen LogP contribution is -2.29. The van der Waals surface area contributed by atoms with Gasteiger partial charge < -0.3 is 10.6 Å². The Morgan fingerprint density at radius 1 is 0.897 bits per heavy atom. The van der Waals surface area contributed by atoms with Crippen molar-refractivity contribution in [1.82, 2.24) is 10.3 Å². The fourth-order valence-corrected chi connectivity index (χ4v) is 2.69. The normalized spacial score (nSPS) is 12.1. The molecule has 1 heterocycles. The van der Waals surface area contributed by atoms with Crippen molar-refractivity contribution in [1.29, 1.82) is 0 Å². The molecule has 29 heavy (non-hydrogen) atoms. The first-order valence-corrected chi connectivity index (χ1v) is 8.20. The Morgan fingerprint density at radius 3 is 2.21 bits per heavy atom. The molecule has 0 saturated carbocycles. The molecule has 0 aliphatic carbocycles. The average Bonchev–Trinajstić information content (AvgIpc) is 2.65. The molecule has 0 radical (unpaired) electrons. The number of pyridine rings is 1. The number of benzene rings is 2. The first-order chi connectivity index (χ1) is 13.6. The fourth-order valence-electron chi connectivity index (χ4n) is 2.69. The van der Waals surface area contributed by atoms with Gasteiger partial charge in [0.1, 0.15) is 0 Å². The summed E-state index contributed by atoms with van der Waals surface area (Å²) < 4.78 is 77.7. The van der Waals surface area contributed by atoms with Crippen LogP contribution in [-0.4, -0.2) is 11.0 Å². The van der Waals surface area contributed by atoms with E-state index in [1.807, 2.05) is 0 Å². The second-order valence-electron chi connectivity index (χ2n) is 6.09. The number of carbonyl (C=O) groups is 1. The van der Waals surface area contributed by atoms with Crippen LogP contribution >= 0.6 is 0 Å². The van der Waals surface area contributed by atoms with Gasteiger partial charge in [0.2, 0.25) is 0 Å². The Bertz CT molecular complexity index is 1030. The highest BCUT2D eigenvalue weighted by Gasteiger charge is 2.35. The van der Waals surface area contributed by atoms with E-state index >= 15 is 0 Å². The van der Waals surface area contributed by atoms with Gasteiger partial charge >= 0.3 is 18.4 Å². The van der Waals surface area contributed by atoms with Crippen molar-refractivity contribution in [2.75, 3.05) is 5.32 Å². The van der Waals surface area contributed by atoms with E-state index in [0.29, 0.717) is 10.9 Å². The highest BCUT2D eigenvalue weighted by atomic mass is 19.4. The standard InChI is InChI=1S/C19H13F6N3O/c20-18(21,22)13-4-1-11(2-5-13)9-27-17(29)28-16-14-7-8-26-10-12(14)3-6-15(16)19(23,24)25/h1-8,10H,9H2,(H2,27,28,29). The Morgan fingerprint density at radius 2 is 1.59 bits per heavy atom. The van der Waals surface area contributed by atoms with Crippen molar-refractivity contribution < 1.29 is 31.1 Å².